The van der Waals surface area contributed by atoms with Crippen LogP contribution in [0.15, 0.2) is 0 Å². The van der Waals surface area contributed by atoms with Crippen molar-refractivity contribution in [1.29, 1.82) is 0 Å². The molecule has 0 atom stereocenters. The van der Waals surface area contributed by atoms with E-state index in [0.29, 0.717) is 12.5 Å². The van der Waals surface area contributed by atoms with Crippen molar-refractivity contribution in [1.82, 2.24) is 9.80 Å². The smallest absolute Gasteiger partial charge is 0.230 e. The Morgan fingerprint density at radius 1 is 1.05 bits per heavy atom. The maximum Gasteiger partial charge on any atom is 0.230 e. The van der Waals surface area contributed by atoms with Gasteiger partial charge >= 0.3 is 0 Å². The second-order valence-electron chi connectivity index (χ2n) is 6.60. The Bertz CT molecular complexity index is 326. The summed E-state index contributed by atoms with van der Waals surface area (Å²) in [6, 6.07) is 0.720. The standard InChI is InChI=1S/C15H27N3O/c16-12-15(6-7-15)14(19)18-10-4-13(5-11-18)17-8-2-1-3-9-17/h13H,1-12,16H2. The number of nitrogens with two attached hydrogens (primary N) is 1. The molecule has 19 heavy (non-hydrogen) atoms. The first kappa shape index (κ1) is 13.4. The van der Waals surface area contributed by atoms with Crippen molar-refractivity contribution in [3.05, 3.63) is 0 Å². The first-order valence-corrected chi connectivity index (χ1v) is 7.99. The molecule has 0 aromatic carbocycles. The van der Waals surface area contributed by atoms with Gasteiger partial charge in [-0.15, -0.1) is 0 Å². The summed E-state index contributed by atoms with van der Waals surface area (Å²) in [4.78, 5) is 17.2. The van der Waals surface area contributed by atoms with Crippen LogP contribution in [0, 0.1) is 5.41 Å². The monoisotopic (exact) mass is 265 g/mol. The van der Waals surface area contributed by atoms with Crippen LogP contribution in [0.25, 0.3) is 0 Å². The van der Waals surface area contributed by atoms with Crippen LogP contribution in [0.4, 0.5) is 0 Å². The first-order chi connectivity index (χ1) is 9.25. The predicted octanol–water partition coefficient (Wildman–Crippen LogP) is 1.20. The van der Waals surface area contributed by atoms with Crippen LogP contribution in [-0.2, 0) is 4.79 Å². The minimum absolute atomic E-state index is 0.155. The molecule has 1 aliphatic carbocycles. The molecule has 0 radical (unpaired) electrons. The van der Waals surface area contributed by atoms with E-state index in [1.807, 2.05) is 0 Å². The summed E-state index contributed by atoms with van der Waals surface area (Å²) < 4.78 is 0. The van der Waals surface area contributed by atoms with E-state index in [0.717, 1.165) is 44.8 Å². The largest absolute Gasteiger partial charge is 0.342 e. The summed E-state index contributed by atoms with van der Waals surface area (Å²) >= 11 is 0. The van der Waals surface area contributed by atoms with Gasteiger partial charge in [0.25, 0.3) is 0 Å². The molecule has 2 aliphatic heterocycles. The van der Waals surface area contributed by atoms with E-state index in [-0.39, 0.29) is 5.41 Å². The molecule has 0 aromatic heterocycles. The van der Waals surface area contributed by atoms with Gasteiger partial charge in [-0.3, -0.25) is 4.79 Å². The Hall–Kier alpha value is -0.610. The third kappa shape index (κ3) is 2.65. The van der Waals surface area contributed by atoms with Crippen LogP contribution in [0.2, 0.25) is 0 Å². The summed E-state index contributed by atoms with van der Waals surface area (Å²) in [5.74, 6) is 0.340. The highest BCUT2D eigenvalue weighted by molar-refractivity contribution is 5.85. The average Bonchev–Trinajstić information content (AvgIpc) is 3.29. The molecule has 2 saturated heterocycles. The molecule has 0 spiro atoms. The lowest BCUT2D eigenvalue weighted by molar-refractivity contribution is -0.138. The van der Waals surface area contributed by atoms with Gasteiger partial charge in [-0.25, -0.2) is 0 Å². The lowest BCUT2D eigenvalue weighted by Crippen LogP contribution is -2.50. The zero-order valence-corrected chi connectivity index (χ0v) is 11.9. The summed E-state index contributed by atoms with van der Waals surface area (Å²) in [6.07, 6.45) is 8.44. The van der Waals surface area contributed by atoms with Gasteiger partial charge in [0.2, 0.25) is 5.91 Å². The zero-order chi connectivity index (χ0) is 13.3. The van der Waals surface area contributed by atoms with Crippen LogP contribution >= 0.6 is 0 Å². The van der Waals surface area contributed by atoms with Crippen molar-refractivity contribution in [2.24, 2.45) is 11.1 Å². The van der Waals surface area contributed by atoms with Crippen LogP contribution in [0.3, 0.4) is 0 Å². The highest BCUT2D eigenvalue weighted by Crippen LogP contribution is 2.46. The molecule has 4 heteroatoms. The Morgan fingerprint density at radius 3 is 2.21 bits per heavy atom. The van der Waals surface area contributed by atoms with Gasteiger partial charge in [0, 0.05) is 25.7 Å². The van der Waals surface area contributed by atoms with Gasteiger partial charge in [0.1, 0.15) is 0 Å². The van der Waals surface area contributed by atoms with Crippen molar-refractivity contribution in [2.75, 3.05) is 32.7 Å². The molecule has 1 saturated carbocycles. The van der Waals surface area contributed by atoms with Crippen molar-refractivity contribution in [3.8, 4) is 0 Å². The highest BCUT2D eigenvalue weighted by Gasteiger charge is 2.50. The third-order valence-corrected chi connectivity index (χ3v) is 5.36. The number of amides is 1. The van der Waals surface area contributed by atoms with Crippen LogP contribution in [0.1, 0.15) is 44.9 Å². The van der Waals surface area contributed by atoms with Gasteiger partial charge in [-0.2, -0.15) is 0 Å². The van der Waals surface area contributed by atoms with Gasteiger partial charge in [-0.05, 0) is 51.6 Å². The Balaban J connectivity index is 1.50. The molecule has 3 aliphatic rings. The Morgan fingerprint density at radius 2 is 1.68 bits per heavy atom. The normalized spacial score (nSPS) is 28.4. The fourth-order valence-corrected chi connectivity index (χ4v) is 3.71. The topological polar surface area (TPSA) is 49.6 Å². The highest BCUT2D eigenvalue weighted by atomic mass is 16.2. The number of piperidine rings is 2. The fourth-order valence-electron chi connectivity index (χ4n) is 3.71. The van der Waals surface area contributed by atoms with Gasteiger partial charge < -0.3 is 15.5 Å². The Kier molecular flexibility index (Phi) is 3.81. The second kappa shape index (κ2) is 5.41. The summed E-state index contributed by atoms with van der Waals surface area (Å²) in [5, 5.41) is 0. The van der Waals surface area contributed by atoms with E-state index >= 15 is 0 Å². The van der Waals surface area contributed by atoms with E-state index in [9.17, 15) is 4.79 Å². The van der Waals surface area contributed by atoms with Gasteiger partial charge in [-0.1, -0.05) is 6.42 Å². The molecule has 1 amide bonds. The molecule has 0 bridgehead atoms. The predicted molar refractivity (Wildman–Crippen MR) is 75.7 cm³/mol. The second-order valence-corrected chi connectivity index (χ2v) is 6.60. The maximum atomic E-state index is 12.4. The molecule has 0 unspecified atom stereocenters. The van der Waals surface area contributed by atoms with E-state index < -0.39 is 0 Å². The molecule has 108 valence electrons. The van der Waals surface area contributed by atoms with E-state index in [4.69, 9.17) is 5.73 Å². The lowest BCUT2D eigenvalue weighted by atomic mass is 9.97. The molecule has 0 aromatic rings. The minimum atomic E-state index is -0.155. The maximum absolute atomic E-state index is 12.4. The number of likely N-dealkylation sites (tertiary alicyclic amines) is 2. The van der Waals surface area contributed by atoms with Crippen molar-refractivity contribution >= 4 is 5.91 Å². The quantitative estimate of drug-likeness (QED) is 0.834. The lowest BCUT2D eigenvalue weighted by Gasteiger charge is -2.41. The van der Waals surface area contributed by atoms with E-state index in [2.05, 4.69) is 9.80 Å². The fraction of sp³-hybridized carbons (Fsp3) is 0.933. The van der Waals surface area contributed by atoms with Crippen molar-refractivity contribution < 1.29 is 4.79 Å². The molecule has 3 fully saturated rings. The SMILES string of the molecule is NCC1(C(=O)N2CCC(N3CCCCC3)CC2)CC1. The van der Waals surface area contributed by atoms with Gasteiger partial charge in [0.05, 0.1) is 5.41 Å². The summed E-state index contributed by atoms with van der Waals surface area (Å²) in [7, 11) is 0. The molecule has 4 nitrogen and oxygen atoms in total. The van der Waals surface area contributed by atoms with Crippen LogP contribution < -0.4 is 5.73 Å². The molecular formula is C15H27N3O. The zero-order valence-electron chi connectivity index (χ0n) is 11.9. The van der Waals surface area contributed by atoms with Gasteiger partial charge in [0.15, 0.2) is 0 Å². The van der Waals surface area contributed by atoms with E-state index in [1.54, 1.807) is 0 Å². The van der Waals surface area contributed by atoms with Crippen LogP contribution in [0.5, 0.6) is 0 Å². The molecule has 2 N–H and O–H groups in total. The first-order valence-electron chi connectivity index (χ1n) is 7.99. The van der Waals surface area contributed by atoms with Crippen molar-refractivity contribution in [2.45, 2.75) is 51.0 Å². The number of carbonyl (C=O) groups is 1. The molecule has 3 rings (SSSR count). The number of nitrogens with zero attached hydrogens (tertiary/aromatic N) is 2. The third-order valence-electron chi connectivity index (χ3n) is 5.36. The van der Waals surface area contributed by atoms with Crippen LogP contribution in [-0.4, -0.2) is 54.5 Å². The number of hydrogen-bond donors (Lipinski definition) is 1. The molecular weight excluding hydrogens is 238 g/mol. The van der Waals surface area contributed by atoms with E-state index in [1.165, 1.54) is 32.4 Å². The van der Waals surface area contributed by atoms with Crippen molar-refractivity contribution in [3.63, 3.8) is 0 Å². The number of rotatable bonds is 3. The molecule has 2 heterocycles. The number of hydrogen-bond acceptors (Lipinski definition) is 3. The number of carbonyl (C=O) groups excluding carboxylic acids is 1. The summed E-state index contributed by atoms with van der Waals surface area (Å²) in [5.41, 5.74) is 5.61. The summed E-state index contributed by atoms with van der Waals surface area (Å²) in [6.45, 7) is 4.97. The average molecular weight is 265 g/mol. The minimum Gasteiger partial charge on any atom is -0.342 e. The Labute approximate surface area is 116 Å².